The Labute approximate surface area is 142 Å². The fourth-order valence-electron chi connectivity index (χ4n) is 2.27. The molecule has 0 saturated carbocycles. The van der Waals surface area contributed by atoms with E-state index in [-0.39, 0.29) is 5.91 Å². The number of benzene rings is 2. The molecule has 2 rings (SSSR count). The third kappa shape index (κ3) is 5.29. The van der Waals surface area contributed by atoms with Crippen LogP contribution in [-0.2, 0) is 4.79 Å². The molecule has 0 heterocycles. The second-order valence-electron chi connectivity index (χ2n) is 5.74. The predicted octanol–water partition coefficient (Wildman–Crippen LogP) is 5.06. The van der Waals surface area contributed by atoms with E-state index in [1.807, 2.05) is 57.2 Å². The average Bonchev–Trinajstić information content (AvgIpc) is 2.51. The monoisotopic (exact) mass is 331 g/mol. The summed E-state index contributed by atoms with van der Waals surface area (Å²) in [5, 5.41) is 3.65. The number of amides is 1. The van der Waals surface area contributed by atoms with Gasteiger partial charge in [0.25, 0.3) is 0 Å². The number of ether oxygens (including phenoxy) is 1. The van der Waals surface area contributed by atoms with Gasteiger partial charge < -0.3 is 10.1 Å². The first-order valence-corrected chi connectivity index (χ1v) is 8.09. The fraction of sp³-hybridized carbons (Fsp3) is 0.316. The molecule has 122 valence electrons. The first-order chi connectivity index (χ1) is 11.0. The van der Waals surface area contributed by atoms with Gasteiger partial charge in [0.1, 0.15) is 5.75 Å². The number of hydrogen-bond acceptors (Lipinski definition) is 2. The van der Waals surface area contributed by atoms with Gasteiger partial charge in [-0.3, -0.25) is 4.79 Å². The lowest BCUT2D eigenvalue weighted by Crippen LogP contribution is -2.12. The van der Waals surface area contributed by atoms with Crippen LogP contribution in [0.25, 0.3) is 0 Å². The number of nitrogens with one attached hydrogen (secondary N) is 1. The van der Waals surface area contributed by atoms with Crippen molar-refractivity contribution >= 4 is 23.2 Å². The van der Waals surface area contributed by atoms with E-state index in [9.17, 15) is 4.79 Å². The van der Waals surface area contributed by atoms with Gasteiger partial charge in [0.2, 0.25) is 5.91 Å². The molecule has 0 aromatic heterocycles. The van der Waals surface area contributed by atoms with E-state index in [1.165, 1.54) is 5.56 Å². The van der Waals surface area contributed by atoms with E-state index in [2.05, 4.69) is 5.32 Å². The molecular weight excluding hydrogens is 310 g/mol. The molecule has 0 atom stereocenters. The van der Waals surface area contributed by atoms with Gasteiger partial charge in [-0.25, -0.2) is 0 Å². The third-order valence-corrected chi connectivity index (χ3v) is 4.16. The van der Waals surface area contributed by atoms with Crippen molar-refractivity contribution in [1.29, 1.82) is 0 Å². The van der Waals surface area contributed by atoms with Crippen LogP contribution in [0.3, 0.4) is 0 Å². The third-order valence-electron chi connectivity index (χ3n) is 3.56. The van der Waals surface area contributed by atoms with E-state index in [4.69, 9.17) is 16.3 Å². The number of carbonyl (C=O) groups excluding carboxylic acids is 1. The van der Waals surface area contributed by atoms with Gasteiger partial charge in [0.15, 0.2) is 0 Å². The highest BCUT2D eigenvalue weighted by molar-refractivity contribution is 6.32. The first kappa shape index (κ1) is 17.4. The van der Waals surface area contributed by atoms with Crippen LogP contribution >= 0.6 is 11.6 Å². The van der Waals surface area contributed by atoms with Crippen LogP contribution in [0, 0.1) is 20.8 Å². The lowest BCUT2D eigenvalue weighted by Gasteiger charge is -2.10. The zero-order valence-electron chi connectivity index (χ0n) is 13.8. The topological polar surface area (TPSA) is 38.3 Å². The molecule has 0 saturated heterocycles. The number of aryl methyl sites for hydroxylation is 3. The maximum Gasteiger partial charge on any atom is 0.224 e. The minimum absolute atomic E-state index is 0.000852. The van der Waals surface area contributed by atoms with E-state index in [0.29, 0.717) is 19.4 Å². The van der Waals surface area contributed by atoms with Crippen molar-refractivity contribution in [2.45, 2.75) is 33.6 Å². The highest BCUT2D eigenvalue weighted by Crippen LogP contribution is 2.25. The van der Waals surface area contributed by atoms with Crippen LogP contribution in [0.5, 0.6) is 5.75 Å². The Balaban J connectivity index is 1.74. The molecule has 0 aliphatic carbocycles. The molecule has 2 aromatic rings. The minimum Gasteiger partial charge on any atom is -0.494 e. The molecule has 0 spiro atoms. The molecule has 0 unspecified atom stereocenters. The number of halogens is 1. The molecule has 2 aromatic carbocycles. The van der Waals surface area contributed by atoms with Gasteiger partial charge >= 0.3 is 0 Å². The van der Waals surface area contributed by atoms with Crippen LogP contribution in [0.4, 0.5) is 5.69 Å². The standard InChI is InChI=1S/C19H22ClNO2/c1-13-6-8-16(9-7-13)21-18(22)5-4-10-23-17-11-14(2)19(20)15(3)12-17/h6-9,11-12H,4-5,10H2,1-3H3,(H,21,22). The second-order valence-corrected chi connectivity index (χ2v) is 6.12. The van der Waals surface area contributed by atoms with Crippen molar-refractivity contribution in [3.05, 3.63) is 58.1 Å². The molecule has 1 amide bonds. The Bertz CT molecular complexity index is 657. The molecule has 0 aliphatic rings. The first-order valence-electron chi connectivity index (χ1n) is 7.72. The fourth-order valence-corrected chi connectivity index (χ4v) is 2.38. The van der Waals surface area contributed by atoms with Crippen LogP contribution in [0.1, 0.15) is 29.5 Å². The summed E-state index contributed by atoms with van der Waals surface area (Å²) in [7, 11) is 0. The van der Waals surface area contributed by atoms with Gasteiger partial charge in [-0.15, -0.1) is 0 Å². The largest absolute Gasteiger partial charge is 0.494 e. The smallest absolute Gasteiger partial charge is 0.224 e. The van der Waals surface area contributed by atoms with Crippen LogP contribution in [0.15, 0.2) is 36.4 Å². The van der Waals surface area contributed by atoms with Crippen LogP contribution < -0.4 is 10.1 Å². The molecular formula is C19H22ClNO2. The SMILES string of the molecule is Cc1ccc(NC(=O)CCCOc2cc(C)c(Cl)c(C)c2)cc1. The van der Waals surface area contributed by atoms with Gasteiger partial charge in [0.05, 0.1) is 6.61 Å². The predicted molar refractivity (Wildman–Crippen MR) is 95.5 cm³/mol. The normalized spacial score (nSPS) is 10.4. The zero-order valence-corrected chi connectivity index (χ0v) is 14.5. The second kappa shape index (κ2) is 8.02. The summed E-state index contributed by atoms with van der Waals surface area (Å²) in [5.41, 5.74) is 3.99. The van der Waals surface area contributed by atoms with Gasteiger partial charge in [-0.05, 0) is 62.6 Å². The van der Waals surface area contributed by atoms with Crippen LogP contribution in [-0.4, -0.2) is 12.5 Å². The summed E-state index contributed by atoms with van der Waals surface area (Å²) in [6.45, 7) is 6.43. The van der Waals surface area contributed by atoms with Crippen molar-refractivity contribution < 1.29 is 9.53 Å². The number of hydrogen-bond donors (Lipinski definition) is 1. The Morgan fingerprint density at radius 2 is 1.70 bits per heavy atom. The maximum atomic E-state index is 11.9. The van der Waals surface area contributed by atoms with E-state index in [0.717, 1.165) is 27.6 Å². The van der Waals surface area contributed by atoms with Crippen molar-refractivity contribution in [3.63, 3.8) is 0 Å². The Kier molecular flexibility index (Phi) is 6.05. The van der Waals surface area contributed by atoms with Gasteiger partial charge in [-0.1, -0.05) is 29.3 Å². The molecule has 1 N–H and O–H groups in total. The quantitative estimate of drug-likeness (QED) is 0.751. The summed E-state index contributed by atoms with van der Waals surface area (Å²) in [6.07, 6.45) is 1.10. The molecule has 4 heteroatoms. The lowest BCUT2D eigenvalue weighted by molar-refractivity contribution is -0.116. The highest BCUT2D eigenvalue weighted by atomic mass is 35.5. The Hall–Kier alpha value is -2.00. The summed E-state index contributed by atoms with van der Waals surface area (Å²) >= 11 is 6.13. The van der Waals surface area contributed by atoms with Gasteiger partial charge in [-0.2, -0.15) is 0 Å². The zero-order chi connectivity index (χ0) is 16.8. The number of carbonyl (C=O) groups is 1. The molecule has 0 fully saturated rings. The Morgan fingerprint density at radius 1 is 1.09 bits per heavy atom. The minimum atomic E-state index is 0.000852. The number of anilines is 1. The summed E-state index contributed by atoms with van der Waals surface area (Å²) in [5.74, 6) is 0.796. The molecule has 0 bridgehead atoms. The molecule has 3 nitrogen and oxygen atoms in total. The van der Waals surface area contributed by atoms with Crippen molar-refractivity contribution in [2.24, 2.45) is 0 Å². The van der Waals surface area contributed by atoms with E-state index >= 15 is 0 Å². The number of rotatable bonds is 6. The van der Waals surface area contributed by atoms with E-state index < -0.39 is 0 Å². The highest BCUT2D eigenvalue weighted by Gasteiger charge is 2.05. The molecule has 23 heavy (non-hydrogen) atoms. The van der Waals surface area contributed by atoms with Crippen molar-refractivity contribution in [1.82, 2.24) is 0 Å². The maximum absolute atomic E-state index is 11.9. The van der Waals surface area contributed by atoms with Crippen LogP contribution in [0.2, 0.25) is 5.02 Å². The lowest BCUT2D eigenvalue weighted by atomic mass is 10.1. The Morgan fingerprint density at radius 3 is 2.30 bits per heavy atom. The average molecular weight is 332 g/mol. The summed E-state index contributed by atoms with van der Waals surface area (Å²) in [4.78, 5) is 11.9. The summed E-state index contributed by atoms with van der Waals surface area (Å²) < 4.78 is 5.70. The van der Waals surface area contributed by atoms with Gasteiger partial charge in [0, 0.05) is 17.1 Å². The van der Waals surface area contributed by atoms with Crippen molar-refractivity contribution in [2.75, 3.05) is 11.9 Å². The summed E-state index contributed by atoms with van der Waals surface area (Å²) in [6, 6.07) is 11.6. The molecule has 0 radical (unpaired) electrons. The van der Waals surface area contributed by atoms with Crippen molar-refractivity contribution in [3.8, 4) is 5.75 Å². The van der Waals surface area contributed by atoms with E-state index in [1.54, 1.807) is 0 Å². The molecule has 0 aliphatic heterocycles.